The Labute approximate surface area is 106 Å². The molecule has 4 nitrogen and oxygen atoms in total. The zero-order chi connectivity index (χ0) is 13.0. The van der Waals surface area contributed by atoms with E-state index < -0.39 is 6.10 Å². The van der Waals surface area contributed by atoms with Gasteiger partial charge in [0.05, 0.1) is 6.54 Å². The maximum absolute atomic E-state index is 11.7. The molecule has 1 N–H and O–H groups in total. The van der Waals surface area contributed by atoms with Crippen LogP contribution in [0, 0.1) is 0 Å². The average molecular weight is 247 g/mol. The van der Waals surface area contributed by atoms with Crippen LogP contribution >= 0.6 is 0 Å². The number of aryl methyl sites for hydroxylation is 1. The van der Waals surface area contributed by atoms with E-state index in [1.165, 1.54) is 16.7 Å². The van der Waals surface area contributed by atoms with Crippen molar-refractivity contribution in [2.45, 2.75) is 19.4 Å². The number of hydrogen-bond donors (Lipinski definition) is 1. The second kappa shape index (κ2) is 5.80. The summed E-state index contributed by atoms with van der Waals surface area (Å²) in [5.74, 6) is -0.244. The van der Waals surface area contributed by atoms with Gasteiger partial charge in [-0.25, -0.2) is 5.06 Å². The molecule has 0 aliphatic carbocycles. The quantitative estimate of drug-likeness (QED) is 0.821. The summed E-state index contributed by atoms with van der Waals surface area (Å²) in [6, 6.07) is 8.03. The molecular formula is C14H17NO3. The Kier molecular flexibility index (Phi) is 4.12. The number of hydrogen-bond acceptors (Lipinski definition) is 3. The van der Waals surface area contributed by atoms with Crippen LogP contribution in [-0.2, 0) is 16.1 Å². The van der Waals surface area contributed by atoms with E-state index in [9.17, 15) is 9.90 Å². The number of aliphatic hydroxyl groups is 1. The Bertz CT molecular complexity index is 439. The number of nitrogens with zero attached hydrogens (tertiary/aromatic N) is 1. The number of carbonyl (C=O) groups is 1. The van der Waals surface area contributed by atoms with Gasteiger partial charge in [-0.05, 0) is 23.6 Å². The molecule has 0 aromatic heterocycles. The number of hydroxylamine groups is 2. The summed E-state index contributed by atoms with van der Waals surface area (Å²) in [6.45, 7) is 2.52. The molecule has 1 aromatic carbocycles. The van der Waals surface area contributed by atoms with Gasteiger partial charge in [-0.2, -0.15) is 0 Å². The fourth-order valence-electron chi connectivity index (χ4n) is 1.74. The molecule has 1 aliphatic rings. The fraction of sp³-hybridized carbons (Fsp3) is 0.357. The third-order valence-corrected chi connectivity index (χ3v) is 2.85. The van der Waals surface area contributed by atoms with Crippen molar-refractivity contribution < 1.29 is 14.7 Å². The number of β-amino-alcohol motifs (C(OH)–C–C–N with tert-alkyl or cyclic N) is 1. The minimum atomic E-state index is -0.578. The Morgan fingerprint density at radius 3 is 2.78 bits per heavy atom. The molecule has 1 amide bonds. The van der Waals surface area contributed by atoms with Crippen molar-refractivity contribution in [3.05, 3.63) is 41.5 Å². The number of amides is 1. The molecule has 1 heterocycles. The number of rotatable bonds is 3. The second-order valence-corrected chi connectivity index (χ2v) is 4.28. The van der Waals surface area contributed by atoms with Gasteiger partial charge in [0, 0.05) is 6.08 Å². The lowest BCUT2D eigenvalue weighted by molar-refractivity contribution is -0.162. The summed E-state index contributed by atoms with van der Waals surface area (Å²) in [5.41, 5.74) is 2.24. The first-order valence-corrected chi connectivity index (χ1v) is 6.08. The van der Waals surface area contributed by atoms with Crippen molar-refractivity contribution in [1.82, 2.24) is 5.06 Å². The highest BCUT2D eigenvalue weighted by Crippen LogP contribution is 2.09. The largest absolute Gasteiger partial charge is 0.389 e. The SMILES string of the molecule is CCc1ccc(/C=C/C(=O)N2C[C@H](O)CO2)cc1. The van der Waals surface area contributed by atoms with Crippen LogP contribution in [0.25, 0.3) is 6.08 Å². The molecule has 0 saturated carbocycles. The van der Waals surface area contributed by atoms with E-state index in [1.807, 2.05) is 24.3 Å². The van der Waals surface area contributed by atoms with Gasteiger partial charge in [-0.15, -0.1) is 0 Å². The van der Waals surface area contributed by atoms with Crippen molar-refractivity contribution in [2.75, 3.05) is 13.2 Å². The van der Waals surface area contributed by atoms with Crippen LogP contribution in [0.3, 0.4) is 0 Å². The van der Waals surface area contributed by atoms with Gasteiger partial charge in [-0.3, -0.25) is 9.63 Å². The summed E-state index contributed by atoms with van der Waals surface area (Å²) >= 11 is 0. The van der Waals surface area contributed by atoms with Gasteiger partial charge in [0.25, 0.3) is 5.91 Å². The van der Waals surface area contributed by atoms with Crippen molar-refractivity contribution in [2.24, 2.45) is 0 Å². The normalized spacial score (nSPS) is 19.7. The van der Waals surface area contributed by atoms with E-state index in [-0.39, 0.29) is 19.1 Å². The summed E-state index contributed by atoms with van der Waals surface area (Å²) in [7, 11) is 0. The summed E-state index contributed by atoms with van der Waals surface area (Å²) < 4.78 is 0. The highest BCUT2D eigenvalue weighted by molar-refractivity contribution is 5.91. The standard InChI is InChI=1S/C14H17NO3/c1-2-11-3-5-12(6-4-11)7-8-14(17)15-9-13(16)10-18-15/h3-8,13,16H,2,9-10H2,1H3/b8-7+/t13-/m0/s1. The minimum Gasteiger partial charge on any atom is -0.389 e. The third-order valence-electron chi connectivity index (χ3n) is 2.85. The van der Waals surface area contributed by atoms with E-state index in [0.717, 1.165) is 12.0 Å². The van der Waals surface area contributed by atoms with Crippen molar-refractivity contribution >= 4 is 12.0 Å². The highest BCUT2D eigenvalue weighted by Gasteiger charge is 2.24. The Morgan fingerprint density at radius 1 is 1.50 bits per heavy atom. The second-order valence-electron chi connectivity index (χ2n) is 4.28. The molecule has 1 aliphatic heterocycles. The van der Waals surface area contributed by atoms with Crippen LogP contribution in [0.15, 0.2) is 30.3 Å². The van der Waals surface area contributed by atoms with E-state index in [4.69, 9.17) is 4.84 Å². The van der Waals surface area contributed by atoms with Crippen molar-refractivity contribution in [3.8, 4) is 0 Å². The first kappa shape index (κ1) is 12.8. The average Bonchev–Trinajstić information content (AvgIpc) is 2.83. The van der Waals surface area contributed by atoms with Gasteiger partial charge < -0.3 is 5.11 Å². The van der Waals surface area contributed by atoms with E-state index in [0.29, 0.717) is 0 Å². The molecule has 0 radical (unpaired) electrons. The van der Waals surface area contributed by atoms with Gasteiger partial charge in [-0.1, -0.05) is 31.2 Å². The van der Waals surface area contributed by atoms with Gasteiger partial charge in [0.2, 0.25) is 0 Å². The van der Waals surface area contributed by atoms with Crippen LogP contribution in [0.2, 0.25) is 0 Å². The lowest BCUT2D eigenvalue weighted by atomic mass is 10.1. The van der Waals surface area contributed by atoms with E-state index in [1.54, 1.807) is 6.08 Å². The molecule has 1 aromatic rings. The first-order valence-electron chi connectivity index (χ1n) is 6.08. The van der Waals surface area contributed by atoms with Crippen LogP contribution < -0.4 is 0 Å². The molecule has 0 unspecified atom stereocenters. The third kappa shape index (κ3) is 3.18. The van der Waals surface area contributed by atoms with Gasteiger partial charge in [0.15, 0.2) is 0 Å². The molecule has 0 bridgehead atoms. The predicted octanol–water partition coefficient (Wildman–Crippen LogP) is 1.40. The zero-order valence-electron chi connectivity index (χ0n) is 10.4. The summed E-state index contributed by atoms with van der Waals surface area (Å²) in [6.07, 6.45) is 3.63. The van der Waals surface area contributed by atoms with Crippen molar-refractivity contribution in [3.63, 3.8) is 0 Å². The number of aliphatic hydroxyl groups excluding tert-OH is 1. The van der Waals surface area contributed by atoms with Gasteiger partial charge >= 0.3 is 0 Å². The minimum absolute atomic E-state index is 0.185. The molecule has 18 heavy (non-hydrogen) atoms. The van der Waals surface area contributed by atoms with Crippen LogP contribution in [0.4, 0.5) is 0 Å². The van der Waals surface area contributed by atoms with Crippen LogP contribution in [0.5, 0.6) is 0 Å². The molecule has 1 atom stereocenters. The molecule has 96 valence electrons. The van der Waals surface area contributed by atoms with Crippen LogP contribution in [-0.4, -0.2) is 35.3 Å². The zero-order valence-corrected chi connectivity index (χ0v) is 10.4. The fourth-order valence-corrected chi connectivity index (χ4v) is 1.74. The molecule has 2 rings (SSSR count). The summed E-state index contributed by atoms with van der Waals surface area (Å²) in [5, 5.41) is 10.4. The predicted molar refractivity (Wildman–Crippen MR) is 68.5 cm³/mol. The maximum atomic E-state index is 11.7. The van der Waals surface area contributed by atoms with Gasteiger partial charge in [0.1, 0.15) is 12.7 Å². The molecule has 4 heteroatoms. The highest BCUT2D eigenvalue weighted by atomic mass is 16.7. The topological polar surface area (TPSA) is 49.8 Å². The number of benzene rings is 1. The Balaban J connectivity index is 1.95. The molecular weight excluding hydrogens is 230 g/mol. The van der Waals surface area contributed by atoms with E-state index in [2.05, 4.69) is 6.92 Å². The van der Waals surface area contributed by atoms with Crippen molar-refractivity contribution in [1.29, 1.82) is 0 Å². The maximum Gasteiger partial charge on any atom is 0.270 e. The summed E-state index contributed by atoms with van der Waals surface area (Å²) in [4.78, 5) is 16.7. The van der Waals surface area contributed by atoms with Crippen LogP contribution in [0.1, 0.15) is 18.1 Å². The smallest absolute Gasteiger partial charge is 0.270 e. The molecule has 1 fully saturated rings. The molecule has 1 saturated heterocycles. The Hall–Kier alpha value is -1.65. The number of carbonyl (C=O) groups excluding carboxylic acids is 1. The Morgan fingerprint density at radius 2 is 2.22 bits per heavy atom. The first-order chi connectivity index (χ1) is 8.69. The molecule has 0 spiro atoms. The lowest BCUT2D eigenvalue weighted by Crippen LogP contribution is -2.26. The van der Waals surface area contributed by atoms with E-state index >= 15 is 0 Å². The monoisotopic (exact) mass is 247 g/mol. The lowest BCUT2D eigenvalue weighted by Gasteiger charge is -2.10.